The molecule has 1 aliphatic rings. The van der Waals surface area contributed by atoms with E-state index in [1.165, 1.54) is 25.9 Å². The highest BCUT2D eigenvalue weighted by atomic mass is 16.5. The van der Waals surface area contributed by atoms with Crippen LogP contribution in [0.2, 0.25) is 0 Å². The molecule has 0 spiro atoms. The summed E-state index contributed by atoms with van der Waals surface area (Å²) < 4.78 is 5.15. The Morgan fingerprint density at radius 3 is 2.37 bits per heavy atom. The Hall–Kier alpha value is -0.850. The summed E-state index contributed by atoms with van der Waals surface area (Å²) >= 11 is 0. The van der Waals surface area contributed by atoms with Gasteiger partial charge in [0.2, 0.25) is 0 Å². The van der Waals surface area contributed by atoms with Gasteiger partial charge in [0, 0.05) is 71.1 Å². The predicted octanol–water partition coefficient (Wildman–Crippen LogP) is 2.55. The number of hydrogen-bond acceptors (Lipinski definition) is 4. The Morgan fingerprint density at radius 1 is 1.15 bits per heavy atom. The number of nitrogens with one attached hydrogen (secondary N) is 2. The molecule has 1 rings (SSSR count). The fourth-order valence-electron chi connectivity index (χ4n) is 3.80. The van der Waals surface area contributed by atoms with E-state index in [1.54, 1.807) is 7.11 Å². The summed E-state index contributed by atoms with van der Waals surface area (Å²) in [6, 6.07) is 1.72. The van der Waals surface area contributed by atoms with Crippen molar-refractivity contribution in [3.05, 3.63) is 0 Å². The number of hydrogen-bond donors (Lipinski definition) is 2. The predicted molar refractivity (Wildman–Crippen MR) is 117 cm³/mol. The molecule has 1 fully saturated rings. The summed E-state index contributed by atoms with van der Waals surface area (Å²) in [6.45, 7) is 18.5. The second-order valence-corrected chi connectivity index (χ2v) is 8.15. The molecule has 0 aromatic carbocycles. The smallest absolute Gasteiger partial charge is 0.191 e. The Balaban J connectivity index is 2.35. The molecule has 160 valence electrons. The minimum Gasteiger partial charge on any atom is -0.385 e. The molecule has 0 amide bonds. The molecule has 0 aromatic heterocycles. The van der Waals surface area contributed by atoms with Gasteiger partial charge in [0.1, 0.15) is 0 Å². The maximum atomic E-state index is 5.15. The SMILES string of the molecule is CCNC(=NCCCN(C(C)C)C(C)C)NC1CCN(CCCOC)CC1. The number of methoxy groups -OCH3 is 1. The van der Waals surface area contributed by atoms with E-state index in [0.717, 1.165) is 51.6 Å². The van der Waals surface area contributed by atoms with E-state index < -0.39 is 0 Å². The standard InChI is InChI=1S/C21H45N5O/c1-7-22-21(23-12-8-14-26(18(2)3)19(4)5)24-20-10-15-25(16-11-20)13-9-17-27-6/h18-20H,7-17H2,1-6H3,(H2,22,23,24). The van der Waals surface area contributed by atoms with Crippen LogP contribution in [0.5, 0.6) is 0 Å². The molecule has 0 radical (unpaired) electrons. The molecule has 0 saturated carbocycles. The van der Waals surface area contributed by atoms with Crippen LogP contribution in [0.25, 0.3) is 0 Å². The fraction of sp³-hybridized carbons (Fsp3) is 0.952. The maximum absolute atomic E-state index is 5.15. The van der Waals surface area contributed by atoms with Crippen molar-refractivity contribution in [2.75, 3.05) is 53.0 Å². The first-order valence-electron chi connectivity index (χ1n) is 11.0. The van der Waals surface area contributed by atoms with Crippen LogP contribution in [-0.2, 0) is 4.74 Å². The number of aliphatic imine (C=N–C) groups is 1. The summed E-state index contributed by atoms with van der Waals surface area (Å²) in [7, 11) is 1.78. The minimum atomic E-state index is 0.532. The molecular formula is C21H45N5O. The van der Waals surface area contributed by atoms with Crippen molar-refractivity contribution in [2.24, 2.45) is 4.99 Å². The van der Waals surface area contributed by atoms with Crippen molar-refractivity contribution >= 4 is 5.96 Å². The van der Waals surface area contributed by atoms with Gasteiger partial charge in [0.15, 0.2) is 5.96 Å². The van der Waals surface area contributed by atoms with Crippen LogP contribution in [0.4, 0.5) is 0 Å². The van der Waals surface area contributed by atoms with E-state index in [4.69, 9.17) is 9.73 Å². The zero-order chi connectivity index (χ0) is 20.1. The van der Waals surface area contributed by atoms with Gasteiger partial charge in [-0.15, -0.1) is 0 Å². The largest absolute Gasteiger partial charge is 0.385 e. The highest BCUT2D eigenvalue weighted by Gasteiger charge is 2.19. The molecule has 6 heteroatoms. The molecule has 0 aliphatic carbocycles. The molecule has 6 nitrogen and oxygen atoms in total. The zero-order valence-electron chi connectivity index (χ0n) is 18.8. The third-order valence-electron chi connectivity index (χ3n) is 5.27. The number of nitrogens with zero attached hydrogens (tertiary/aromatic N) is 3. The lowest BCUT2D eigenvalue weighted by Gasteiger charge is -2.33. The maximum Gasteiger partial charge on any atom is 0.191 e. The van der Waals surface area contributed by atoms with Gasteiger partial charge in [0.25, 0.3) is 0 Å². The van der Waals surface area contributed by atoms with Gasteiger partial charge in [-0.25, -0.2) is 0 Å². The lowest BCUT2D eigenvalue weighted by atomic mass is 10.1. The van der Waals surface area contributed by atoms with Gasteiger partial charge in [-0.05, 0) is 60.3 Å². The Labute approximate surface area is 168 Å². The van der Waals surface area contributed by atoms with Gasteiger partial charge in [-0.2, -0.15) is 0 Å². The van der Waals surface area contributed by atoms with Gasteiger partial charge in [-0.1, -0.05) is 0 Å². The van der Waals surface area contributed by atoms with Crippen molar-refractivity contribution in [3.63, 3.8) is 0 Å². The van der Waals surface area contributed by atoms with Crippen LogP contribution in [0.15, 0.2) is 4.99 Å². The summed E-state index contributed by atoms with van der Waals surface area (Å²) in [5, 5.41) is 7.06. The van der Waals surface area contributed by atoms with Gasteiger partial charge in [-0.3, -0.25) is 9.89 Å². The minimum absolute atomic E-state index is 0.532. The molecular weight excluding hydrogens is 338 g/mol. The second kappa shape index (κ2) is 14.2. The van der Waals surface area contributed by atoms with E-state index in [1.807, 2.05) is 0 Å². The van der Waals surface area contributed by atoms with Crippen LogP contribution in [0.3, 0.4) is 0 Å². The van der Waals surface area contributed by atoms with Crippen molar-refractivity contribution in [3.8, 4) is 0 Å². The Morgan fingerprint density at radius 2 is 1.81 bits per heavy atom. The monoisotopic (exact) mass is 383 g/mol. The molecule has 0 bridgehead atoms. The summed E-state index contributed by atoms with van der Waals surface area (Å²) in [4.78, 5) is 9.90. The molecule has 1 heterocycles. The first kappa shape index (κ1) is 24.2. The summed E-state index contributed by atoms with van der Waals surface area (Å²) in [5.41, 5.74) is 0. The molecule has 0 aromatic rings. The highest BCUT2D eigenvalue weighted by molar-refractivity contribution is 5.80. The average molecular weight is 384 g/mol. The van der Waals surface area contributed by atoms with Crippen LogP contribution < -0.4 is 10.6 Å². The number of likely N-dealkylation sites (tertiary alicyclic amines) is 1. The Bertz CT molecular complexity index is 384. The van der Waals surface area contributed by atoms with Crippen molar-refractivity contribution in [1.82, 2.24) is 20.4 Å². The third-order valence-corrected chi connectivity index (χ3v) is 5.27. The topological polar surface area (TPSA) is 52.1 Å². The normalized spacial score (nSPS) is 17.3. The van der Waals surface area contributed by atoms with E-state index in [9.17, 15) is 0 Å². The fourth-order valence-corrected chi connectivity index (χ4v) is 3.80. The van der Waals surface area contributed by atoms with Crippen molar-refractivity contribution < 1.29 is 4.74 Å². The van der Waals surface area contributed by atoms with E-state index in [-0.39, 0.29) is 0 Å². The van der Waals surface area contributed by atoms with Gasteiger partial charge >= 0.3 is 0 Å². The molecule has 2 N–H and O–H groups in total. The van der Waals surface area contributed by atoms with Gasteiger partial charge < -0.3 is 20.3 Å². The molecule has 1 saturated heterocycles. The van der Waals surface area contributed by atoms with E-state index >= 15 is 0 Å². The average Bonchev–Trinajstić information content (AvgIpc) is 2.62. The molecule has 0 atom stereocenters. The number of guanidine groups is 1. The summed E-state index contributed by atoms with van der Waals surface area (Å²) in [5.74, 6) is 0.982. The van der Waals surface area contributed by atoms with E-state index in [2.05, 4.69) is 55.1 Å². The highest BCUT2D eigenvalue weighted by Crippen LogP contribution is 2.11. The van der Waals surface area contributed by atoms with Crippen LogP contribution in [0, 0.1) is 0 Å². The Kier molecular flexibility index (Phi) is 12.7. The van der Waals surface area contributed by atoms with E-state index in [0.29, 0.717) is 18.1 Å². The number of piperidine rings is 1. The lowest BCUT2D eigenvalue weighted by Crippen LogP contribution is -2.49. The number of ether oxygens (including phenoxy) is 1. The van der Waals surface area contributed by atoms with Crippen LogP contribution in [-0.4, -0.2) is 86.9 Å². The van der Waals surface area contributed by atoms with Crippen LogP contribution >= 0.6 is 0 Å². The zero-order valence-corrected chi connectivity index (χ0v) is 18.8. The molecule has 0 unspecified atom stereocenters. The summed E-state index contributed by atoms with van der Waals surface area (Å²) in [6.07, 6.45) is 4.60. The van der Waals surface area contributed by atoms with Gasteiger partial charge in [0.05, 0.1) is 0 Å². The lowest BCUT2D eigenvalue weighted by molar-refractivity contribution is 0.155. The number of rotatable bonds is 12. The first-order valence-corrected chi connectivity index (χ1v) is 11.0. The molecule has 1 aliphatic heterocycles. The first-order chi connectivity index (χ1) is 13.0. The van der Waals surface area contributed by atoms with Crippen molar-refractivity contribution in [1.29, 1.82) is 0 Å². The van der Waals surface area contributed by atoms with Crippen molar-refractivity contribution in [2.45, 2.75) is 78.4 Å². The second-order valence-electron chi connectivity index (χ2n) is 8.15. The third kappa shape index (κ3) is 10.3. The quantitative estimate of drug-likeness (QED) is 0.308. The molecule has 27 heavy (non-hydrogen) atoms. The van der Waals surface area contributed by atoms with Crippen LogP contribution in [0.1, 0.15) is 60.3 Å².